The van der Waals surface area contributed by atoms with Crippen molar-refractivity contribution in [3.8, 4) is 5.75 Å². The molecule has 3 aromatic rings. The summed E-state index contributed by atoms with van der Waals surface area (Å²) in [5, 5.41) is 2.68. The number of para-hydroxylation sites is 2. The van der Waals surface area contributed by atoms with E-state index in [9.17, 15) is 14.4 Å². The number of fused-ring (bicyclic) bond motifs is 1. The number of benzene rings is 2. The number of imidazole rings is 1. The normalized spacial score (nSPS) is 18.8. The van der Waals surface area contributed by atoms with E-state index >= 15 is 0 Å². The summed E-state index contributed by atoms with van der Waals surface area (Å²) in [5.41, 5.74) is 3.41. The summed E-state index contributed by atoms with van der Waals surface area (Å²) in [5.74, 6) is -0.383. The third kappa shape index (κ3) is 3.16. The highest BCUT2D eigenvalue weighted by atomic mass is 16.5. The molecule has 0 bridgehead atoms. The lowest BCUT2D eigenvalue weighted by Gasteiger charge is -2.22. The summed E-state index contributed by atoms with van der Waals surface area (Å²) >= 11 is 0. The highest BCUT2D eigenvalue weighted by Crippen LogP contribution is 2.29. The molecule has 1 aliphatic rings. The van der Waals surface area contributed by atoms with Gasteiger partial charge in [-0.05, 0) is 36.8 Å². The zero-order chi connectivity index (χ0) is 20.6. The number of amides is 4. The van der Waals surface area contributed by atoms with Gasteiger partial charge in [-0.1, -0.05) is 24.3 Å². The number of nitrogens with one attached hydrogen (secondary N) is 2. The molecular formula is C20H19N5O4. The third-order valence-corrected chi connectivity index (χ3v) is 4.94. The standard InChI is InChI=1S/C20H19N5O4/c1-20(13-7-9-14(29-2)10-8-13)18(27)24(19(28)22-20)11-17(26)23-25-12-21-15-5-3-4-6-16(15)25/h3-10,12H,11H2,1-2H3,(H,22,28)(H,23,26). The summed E-state index contributed by atoms with van der Waals surface area (Å²) in [7, 11) is 1.54. The lowest BCUT2D eigenvalue weighted by atomic mass is 9.92. The summed E-state index contributed by atoms with van der Waals surface area (Å²) < 4.78 is 6.58. The Kier molecular flexibility index (Phi) is 4.42. The van der Waals surface area contributed by atoms with Gasteiger partial charge in [0.2, 0.25) is 0 Å². The molecule has 1 aromatic heterocycles. The molecule has 1 aliphatic heterocycles. The minimum Gasteiger partial charge on any atom is -0.497 e. The van der Waals surface area contributed by atoms with Gasteiger partial charge >= 0.3 is 6.03 Å². The van der Waals surface area contributed by atoms with Gasteiger partial charge in [-0.15, -0.1) is 0 Å². The monoisotopic (exact) mass is 393 g/mol. The fourth-order valence-electron chi connectivity index (χ4n) is 3.32. The Hall–Kier alpha value is -3.88. The van der Waals surface area contributed by atoms with Crippen LogP contribution < -0.4 is 15.5 Å². The number of hydrogen-bond donors (Lipinski definition) is 2. The highest BCUT2D eigenvalue weighted by Gasteiger charge is 2.49. The molecule has 0 radical (unpaired) electrons. The first-order valence-corrected chi connectivity index (χ1v) is 8.93. The van der Waals surface area contributed by atoms with Crippen molar-refractivity contribution < 1.29 is 19.1 Å². The van der Waals surface area contributed by atoms with E-state index in [-0.39, 0.29) is 0 Å². The average molecular weight is 393 g/mol. The first-order chi connectivity index (χ1) is 13.9. The fraction of sp³-hybridized carbons (Fsp3) is 0.200. The second-order valence-electron chi connectivity index (χ2n) is 6.81. The van der Waals surface area contributed by atoms with Gasteiger partial charge < -0.3 is 10.1 Å². The van der Waals surface area contributed by atoms with Gasteiger partial charge in [0.1, 0.15) is 24.2 Å². The van der Waals surface area contributed by atoms with Crippen LogP contribution in [0, 0.1) is 0 Å². The molecule has 0 aliphatic carbocycles. The smallest absolute Gasteiger partial charge is 0.325 e. The Morgan fingerprint density at radius 2 is 1.90 bits per heavy atom. The number of hydrogen-bond acceptors (Lipinski definition) is 5. The molecular weight excluding hydrogens is 374 g/mol. The molecule has 4 amide bonds. The van der Waals surface area contributed by atoms with Gasteiger partial charge in [0.05, 0.1) is 18.1 Å². The van der Waals surface area contributed by atoms with E-state index in [4.69, 9.17) is 4.74 Å². The highest BCUT2D eigenvalue weighted by molar-refractivity contribution is 6.09. The zero-order valence-electron chi connectivity index (χ0n) is 15.9. The first-order valence-electron chi connectivity index (χ1n) is 8.93. The fourth-order valence-corrected chi connectivity index (χ4v) is 3.32. The molecule has 148 valence electrons. The number of carbonyl (C=O) groups is 3. The van der Waals surface area contributed by atoms with Crippen LogP contribution in [0.2, 0.25) is 0 Å². The Balaban J connectivity index is 1.50. The van der Waals surface area contributed by atoms with Gasteiger partial charge in [-0.2, -0.15) is 0 Å². The minimum absolute atomic E-state index is 0.414. The topological polar surface area (TPSA) is 106 Å². The van der Waals surface area contributed by atoms with Crippen molar-refractivity contribution in [1.29, 1.82) is 0 Å². The molecule has 2 N–H and O–H groups in total. The summed E-state index contributed by atoms with van der Waals surface area (Å²) in [6, 6.07) is 13.5. The van der Waals surface area contributed by atoms with Gasteiger partial charge in [0.25, 0.3) is 11.8 Å². The van der Waals surface area contributed by atoms with Crippen LogP contribution in [0.4, 0.5) is 4.79 Å². The summed E-state index contributed by atoms with van der Waals surface area (Å²) in [6.07, 6.45) is 1.47. The predicted molar refractivity (Wildman–Crippen MR) is 105 cm³/mol. The molecule has 2 aromatic carbocycles. The largest absolute Gasteiger partial charge is 0.497 e. The van der Waals surface area contributed by atoms with Crippen molar-refractivity contribution in [1.82, 2.24) is 19.9 Å². The Morgan fingerprint density at radius 3 is 2.62 bits per heavy atom. The van der Waals surface area contributed by atoms with Crippen LogP contribution >= 0.6 is 0 Å². The maximum Gasteiger partial charge on any atom is 0.325 e. The van der Waals surface area contributed by atoms with Crippen molar-refractivity contribution in [2.75, 3.05) is 19.1 Å². The van der Waals surface area contributed by atoms with Crippen LogP contribution in [-0.4, -0.2) is 46.1 Å². The number of ether oxygens (including phenoxy) is 1. The molecule has 29 heavy (non-hydrogen) atoms. The quantitative estimate of drug-likeness (QED) is 0.641. The molecule has 0 spiro atoms. The van der Waals surface area contributed by atoms with Crippen molar-refractivity contribution in [3.05, 3.63) is 60.4 Å². The van der Waals surface area contributed by atoms with Gasteiger partial charge in [-0.3, -0.25) is 19.9 Å². The van der Waals surface area contributed by atoms with E-state index in [1.807, 2.05) is 18.2 Å². The average Bonchev–Trinajstić information content (AvgIpc) is 3.23. The summed E-state index contributed by atoms with van der Waals surface area (Å²) in [6.45, 7) is 1.19. The maximum atomic E-state index is 13.0. The van der Waals surface area contributed by atoms with E-state index in [1.165, 1.54) is 11.0 Å². The van der Waals surface area contributed by atoms with E-state index in [1.54, 1.807) is 44.4 Å². The van der Waals surface area contributed by atoms with Crippen molar-refractivity contribution in [2.24, 2.45) is 0 Å². The van der Waals surface area contributed by atoms with Crippen molar-refractivity contribution >= 4 is 28.9 Å². The number of nitrogens with zero attached hydrogens (tertiary/aromatic N) is 3. The summed E-state index contributed by atoms with van der Waals surface area (Å²) in [4.78, 5) is 42.9. The van der Waals surface area contributed by atoms with Crippen LogP contribution in [0.1, 0.15) is 12.5 Å². The van der Waals surface area contributed by atoms with Crippen LogP contribution in [0.5, 0.6) is 5.75 Å². The minimum atomic E-state index is -1.26. The molecule has 1 fully saturated rings. The van der Waals surface area contributed by atoms with E-state index in [0.29, 0.717) is 16.8 Å². The second-order valence-corrected chi connectivity index (χ2v) is 6.81. The lowest BCUT2D eigenvalue weighted by molar-refractivity contribution is -0.133. The molecule has 9 heteroatoms. The lowest BCUT2D eigenvalue weighted by Crippen LogP contribution is -2.42. The molecule has 1 unspecified atom stereocenters. The van der Waals surface area contributed by atoms with E-state index < -0.39 is 29.9 Å². The molecule has 9 nitrogen and oxygen atoms in total. The molecule has 1 saturated heterocycles. The maximum absolute atomic E-state index is 13.0. The SMILES string of the molecule is COc1ccc(C2(C)NC(=O)N(CC(=O)Nn3cnc4ccccc43)C2=O)cc1. The van der Waals surface area contributed by atoms with Gasteiger partial charge in [0, 0.05) is 0 Å². The number of imide groups is 1. The van der Waals surface area contributed by atoms with Crippen molar-refractivity contribution in [3.63, 3.8) is 0 Å². The zero-order valence-corrected chi connectivity index (χ0v) is 15.9. The van der Waals surface area contributed by atoms with Gasteiger partial charge in [0.15, 0.2) is 0 Å². The number of urea groups is 1. The number of rotatable bonds is 5. The predicted octanol–water partition coefficient (Wildman–Crippen LogP) is 1.58. The Labute approximate surface area is 166 Å². The van der Waals surface area contributed by atoms with Crippen LogP contribution in [-0.2, 0) is 15.1 Å². The van der Waals surface area contributed by atoms with Crippen LogP contribution in [0.25, 0.3) is 11.0 Å². The molecule has 2 heterocycles. The van der Waals surface area contributed by atoms with Gasteiger partial charge in [-0.25, -0.2) is 14.5 Å². The Morgan fingerprint density at radius 1 is 1.17 bits per heavy atom. The van der Waals surface area contributed by atoms with E-state index in [0.717, 1.165) is 10.4 Å². The number of carbonyl (C=O) groups excluding carboxylic acids is 3. The first kappa shape index (κ1) is 18.5. The Bertz CT molecular complexity index is 1110. The molecule has 1 atom stereocenters. The number of aromatic nitrogens is 2. The molecule has 4 rings (SSSR count). The van der Waals surface area contributed by atoms with Crippen molar-refractivity contribution in [2.45, 2.75) is 12.5 Å². The van der Waals surface area contributed by atoms with E-state index in [2.05, 4.69) is 15.7 Å². The van der Waals surface area contributed by atoms with Crippen LogP contribution in [0.15, 0.2) is 54.9 Å². The number of methoxy groups -OCH3 is 1. The third-order valence-electron chi connectivity index (χ3n) is 4.94. The molecule has 0 saturated carbocycles. The van der Waals surface area contributed by atoms with Crippen LogP contribution in [0.3, 0.4) is 0 Å². The second kappa shape index (κ2) is 6.93.